The lowest BCUT2D eigenvalue weighted by Gasteiger charge is -2.10. The van der Waals surface area contributed by atoms with Crippen LogP contribution < -0.4 is 11.1 Å². The van der Waals surface area contributed by atoms with Crippen LogP contribution in [0.1, 0.15) is 28.9 Å². The summed E-state index contributed by atoms with van der Waals surface area (Å²) in [7, 11) is 0. The number of rotatable bonds is 4. The molecule has 0 saturated heterocycles. The highest BCUT2D eigenvalue weighted by molar-refractivity contribution is 5.92. The van der Waals surface area contributed by atoms with E-state index in [0.29, 0.717) is 11.3 Å². The molecule has 2 aromatic rings. The number of hydrogen-bond donors (Lipinski definition) is 2. The molecule has 0 aliphatic heterocycles. The molecule has 0 bridgehead atoms. The van der Waals surface area contributed by atoms with Crippen LogP contribution in [0.2, 0.25) is 0 Å². The van der Waals surface area contributed by atoms with Gasteiger partial charge in [0.1, 0.15) is 5.69 Å². The summed E-state index contributed by atoms with van der Waals surface area (Å²) in [5, 5.41) is 3.05. The maximum atomic E-state index is 12.6. The Morgan fingerprint density at radius 1 is 1.17 bits per heavy atom. The number of anilines is 1. The minimum Gasteiger partial charge on any atom is -0.364 e. The molecule has 1 amide bonds. The number of carbonyl (C=O) groups excluding carboxylic acids is 1. The average Bonchev–Trinajstić information content (AvgIpc) is 3.30. The van der Waals surface area contributed by atoms with E-state index in [2.05, 4.69) is 15.3 Å². The standard InChI is InChI=1S/C15H13F3N4O/c16-15(17,18)9-3-1-8(2-4-9)11-7-12(13(19)23)22-14(21-11)20-10-5-6-10/h1-4,7,10H,5-6H2,(H2,19,23)(H,20,21,22). The normalized spacial score (nSPS) is 14.6. The summed E-state index contributed by atoms with van der Waals surface area (Å²) in [4.78, 5) is 19.6. The van der Waals surface area contributed by atoms with Crippen molar-refractivity contribution in [2.75, 3.05) is 5.32 Å². The summed E-state index contributed by atoms with van der Waals surface area (Å²) in [5.74, 6) is -0.474. The number of nitrogens with one attached hydrogen (secondary N) is 1. The van der Waals surface area contributed by atoms with Crippen molar-refractivity contribution in [3.63, 3.8) is 0 Å². The van der Waals surface area contributed by atoms with Crippen molar-refractivity contribution >= 4 is 11.9 Å². The Morgan fingerprint density at radius 3 is 2.35 bits per heavy atom. The first-order valence-corrected chi connectivity index (χ1v) is 6.96. The van der Waals surface area contributed by atoms with Crippen molar-refractivity contribution in [2.45, 2.75) is 25.1 Å². The predicted octanol–water partition coefficient (Wildman–Crippen LogP) is 2.84. The lowest BCUT2D eigenvalue weighted by Crippen LogP contribution is -2.16. The van der Waals surface area contributed by atoms with Gasteiger partial charge < -0.3 is 11.1 Å². The second kappa shape index (κ2) is 5.53. The van der Waals surface area contributed by atoms with Crippen molar-refractivity contribution in [1.82, 2.24) is 9.97 Å². The van der Waals surface area contributed by atoms with Crippen LogP contribution in [-0.2, 0) is 6.18 Å². The Labute approximate surface area is 129 Å². The first-order valence-electron chi connectivity index (χ1n) is 6.96. The molecule has 0 atom stereocenters. The van der Waals surface area contributed by atoms with E-state index in [1.54, 1.807) is 0 Å². The van der Waals surface area contributed by atoms with Crippen LogP contribution in [0.4, 0.5) is 19.1 Å². The second-order valence-electron chi connectivity index (χ2n) is 5.32. The van der Waals surface area contributed by atoms with Crippen LogP contribution in [0.3, 0.4) is 0 Å². The Balaban J connectivity index is 1.97. The molecular formula is C15H13F3N4O. The minimum absolute atomic E-state index is 0.0121. The van der Waals surface area contributed by atoms with Crippen molar-refractivity contribution < 1.29 is 18.0 Å². The van der Waals surface area contributed by atoms with Crippen LogP contribution in [0, 0.1) is 0 Å². The Morgan fingerprint density at radius 2 is 1.83 bits per heavy atom. The highest BCUT2D eigenvalue weighted by Crippen LogP contribution is 2.31. The molecule has 1 aliphatic carbocycles. The third kappa shape index (κ3) is 3.58. The minimum atomic E-state index is -4.40. The molecule has 1 heterocycles. The zero-order chi connectivity index (χ0) is 16.6. The fourth-order valence-corrected chi connectivity index (χ4v) is 2.03. The summed E-state index contributed by atoms with van der Waals surface area (Å²) < 4.78 is 37.8. The smallest absolute Gasteiger partial charge is 0.364 e. The molecule has 0 spiro atoms. The van der Waals surface area contributed by atoms with Gasteiger partial charge in [0, 0.05) is 11.6 Å². The highest BCUT2D eigenvalue weighted by atomic mass is 19.4. The van der Waals surface area contributed by atoms with Gasteiger partial charge in [-0.2, -0.15) is 13.2 Å². The third-order valence-electron chi connectivity index (χ3n) is 3.40. The number of aromatic nitrogens is 2. The van der Waals surface area contributed by atoms with E-state index in [1.807, 2.05) is 0 Å². The Bertz CT molecular complexity index is 739. The quantitative estimate of drug-likeness (QED) is 0.907. The number of nitrogens with zero attached hydrogens (tertiary/aromatic N) is 2. The van der Waals surface area contributed by atoms with Gasteiger partial charge in [0.25, 0.3) is 5.91 Å². The van der Waals surface area contributed by atoms with Crippen LogP contribution in [0.15, 0.2) is 30.3 Å². The molecule has 1 aromatic heterocycles. The largest absolute Gasteiger partial charge is 0.416 e. The number of carbonyl (C=O) groups is 1. The molecule has 1 aromatic carbocycles. The summed E-state index contributed by atoms with van der Waals surface area (Å²) in [6.45, 7) is 0. The number of halogens is 3. The van der Waals surface area contributed by atoms with E-state index in [4.69, 9.17) is 5.73 Å². The van der Waals surface area contributed by atoms with Gasteiger partial charge in [0.15, 0.2) is 0 Å². The summed E-state index contributed by atoms with van der Waals surface area (Å²) in [6, 6.07) is 6.17. The zero-order valence-electron chi connectivity index (χ0n) is 11.9. The van der Waals surface area contributed by atoms with Gasteiger partial charge in [-0.15, -0.1) is 0 Å². The van der Waals surface area contributed by atoms with Crippen molar-refractivity contribution in [3.05, 3.63) is 41.6 Å². The van der Waals surface area contributed by atoms with E-state index in [1.165, 1.54) is 18.2 Å². The number of benzene rings is 1. The number of nitrogens with two attached hydrogens (primary N) is 1. The van der Waals surface area contributed by atoms with Crippen LogP contribution in [0.5, 0.6) is 0 Å². The topological polar surface area (TPSA) is 80.9 Å². The van der Waals surface area contributed by atoms with E-state index < -0.39 is 17.6 Å². The predicted molar refractivity (Wildman–Crippen MR) is 77.6 cm³/mol. The van der Waals surface area contributed by atoms with E-state index >= 15 is 0 Å². The SMILES string of the molecule is NC(=O)c1cc(-c2ccc(C(F)(F)F)cc2)nc(NC2CC2)n1. The Hall–Kier alpha value is -2.64. The third-order valence-corrected chi connectivity index (χ3v) is 3.40. The van der Waals surface area contributed by atoms with E-state index in [9.17, 15) is 18.0 Å². The maximum absolute atomic E-state index is 12.6. The van der Waals surface area contributed by atoms with Crippen molar-refractivity contribution in [1.29, 1.82) is 0 Å². The fourth-order valence-electron chi connectivity index (χ4n) is 2.03. The van der Waals surface area contributed by atoms with Crippen LogP contribution >= 0.6 is 0 Å². The van der Waals surface area contributed by atoms with Gasteiger partial charge in [-0.05, 0) is 31.0 Å². The molecule has 0 unspecified atom stereocenters. The number of hydrogen-bond acceptors (Lipinski definition) is 4. The molecule has 1 aliphatic rings. The molecule has 23 heavy (non-hydrogen) atoms. The molecule has 3 N–H and O–H groups in total. The van der Waals surface area contributed by atoms with Gasteiger partial charge in [0.2, 0.25) is 5.95 Å². The van der Waals surface area contributed by atoms with E-state index in [0.717, 1.165) is 25.0 Å². The molecule has 1 saturated carbocycles. The highest BCUT2D eigenvalue weighted by Gasteiger charge is 2.30. The molecule has 3 rings (SSSR count). The summed E-state index contributed by atoms with van der Waals surface area (Å²) >= 11 is 0. The zero-order valence-corrected chi connectivity index (χ0v) is 11.9. The maximum Gasteiger partial charge on any atom is 0.416 e. The van der Waals surface area contributed by atoms with Gasteiger partial charge in [0.05, 0.1) is 11.3 Å². The Kier molecular flexibility index (Phi) is 3.67. The molecule has 8 heteroatoms. The number of alkyl halides is 3. The molecule has 0 radical (unpaired) electrons. The van der Waals surface area contributed by atoms with E-state index in [-0.39, 0.29) is 17.7 Å². The summed E-state index contributed by atoms with van der Waals surface area (Å²) in [6.07, 6.45) is -2.43. The first kappa shape index (κ1) is 15.3. The molecular weight excluding hydrogens is 309 g/mol. The number of amides is 1. The molecule has 120 valence electrons. The van der Waals surface area contributed by atoms with Crippen LogP contribution in [0.25, 0.3) is 11.3 Å². The fraction of sp³-hybridized carbons (Fsp3) is 0.267. The number of primary amides is 1. The van der Waals surface area contributed by atoms with Crippen molar-refractivity contribution in [2.24, 2.45) is 5.73 Å². The van der Waals surface area contributed by atoms with Gasteiger partial charge in [-0.3, -0.25) is 4.79 Å². The van der Waals surface area contributed by atoms with Crippen LogP contribution in [-0.4, -0.2) is 21.9 Å². The lowest BCUT2D eigenvalue weighted by molar-refractivity contribution is -0.137. The average molecular weight is 322 g/mol. The monoisotopic (exact) mass is 322 g/mol. The van der Waals surface area contributed by atoms with Gasteiger partial charge >= 0.3 is 6.18 Å². The molecule has 1 fully saturated rings. The first-order chi connectivity index (χ1) is 10.8. The second-order valence-corrected chi connectivity index (χ2v) is 5.32. The summed E-state index contributed by atoms with van der Waals surface area (Å²) in [5.41, 5.74) is 5.30. The molecule has 5 nitrogen and oxygen atoms in total. The van der Waals surface area contributed by atoms with Gasteiger partial charge in [-0.25, -0.2) is 9.97 Å². The van der Waals surface area contributed by atoms with Gasteiger partial charge in [-0.1, -0.05) is 12.1 Å². The van der Waals surface area contributed by atoms with Crippen molar-refractivity contribution in [3.8, 4) is 11.3 Å². The lowest BCUT2D eigenvalue weighted by atomic mass is 10.1.